The normalized spacial score (nSPS) is 10.7. The molecule has 10 heteroatoms. The lowest BCUT2D eigenvalue weighted by molar-refractivity contribution is -0.113. The van der Waals surface area contributed by atoms with E-state index < -0.39 is 0 Å². The fraction of sp³-hybridized carbons (Fsp3) is 0.250. The van der Waals surface area contributed by atoms with E-state index in [2.05, 4.69) is 27.4 Å². The summed E-state index contributed by atoms with van der Waals surface area (Å²) in [6.07, 6.45) is 1.70. The molecule has 3 rings (SSSR count). The lowest BCUT2D eigenvalue weighted by atomic mass is 10.1. The average Bonchev–Trinajstić information content (AvgIpc) is 3.15. The predicted molar refractivity (Wildman–Crippen MR) is 138 cm³/mol. The van der Waals surface area contributed by atoms with Gasteiger partial charge in [0.05, 0.1) is 22.9 Å². The predicted octanol–water partition coefficient (Wildman–Crippen LogP) is 5.36. The molecule has 0 saturated heterocycles. The van der Waals surface area contributed by atoms with Crippen LogP contribution in [-0.2, 0) is 17.9 Å². The zero-order valence-corrected chi connectivity index (χ0v) is 21.4. The van der Waals surface area contributed by atoms with Crippen LogP contribution in [0.5, 0.6) is 0 Å². The number of hydrogen-bond donors (Lipinski definition) is 2. The Kier molecular flexibility index (Phi) is 8.77. The summed E-state index contributed by atoms with van der Waals surface area (Å²) in [6.45, 7) is 10.3. The van der Waals surface area contributed by atoms with Gasteiger partial charge in [0.15, 0.2) is 11.0 Å². The molecular formula is C24H25Cl2N5O2S. The van der Waals surface area contributed by atoms with Gasteiger partial charge in [-0.3, -0.25) is 9.59 Å². The third-order valence-corrected chi connectivity index (χ3v) is 6.48. The first-order valence-corrected chi connectivity index (χ1v) is 12.2. The monoisotopic (exact) mass is 517 g/mol. The number of benzene rings is 2. The number of aryl methyl sites for hydroxylation is 3. The molecule has 0 unspecified atom stereocenters. The van der Waals surface area contributed by atoms with Crippen molar-refractivity contribution < 1.29 is 9.59 Å². The number of allylic oxidation sites excluding steroid dienone is 1. The summed E-state index contributed by atoms with van der Waals surface area (Å²) in [6, 6.07) is 8.74. The van der Waals surface area contributed by atoms with Crippen molar-refractivity contribution in [2.75, 3.05) is 11.1 Å². The number of halogens is 2. The van der Waals surface area contributed by atoms with Crippen LogP contribution in [0, 0.1) is 20.8 Å². The number of aromatic nitrogens is 3. The maximum Gasteiger partial charge on any atom is 0.253 e. The zero-order valence-electron chi connectivity index (χ0n) is 19.1. The van der Waals surface area contributed by atoms with Gasteiger partial charge < -0.3 is 15.2 Å². The molecule has 0 aliphatic carbocycles. The van der Waals surface area contributed by atoms with Crippen molar-refractivity contribution in [1.29, 1.82) is 0 Å². The van der Waals surface area contributed by atoms with Crippen molar-refractivity contribution in [2.45, 2.75) is 39.0 Å². The standard InChI is InChI=1S/C24H25Cl2N5O2S/c1-5-8-31-20(12-27-23(33)18-7-6-17(25)11-19(18)26)29-30-24(31)34-13-21(32)28-22-15(3)9-14(2)10-16(22)4/h5-7,9-11H,1,8,12-13H2,2-4H3,(H,27,33)(H,28,32). The number of carbonyl (C=O) groups excluding carboxylic acids is 2. The van der Waals surface area contributed by atoms with Crippen molar-refractivity contribution in [3.63, 3.8) is 0 Å². The molecule has 2 amide bonds. The average molecular weight is 518 g/mol. The number of rotatable bonds is 9. The van der Waals surface area contributed by atoms with Gasteiger partial charge in [-0.05, 0) is 50.1 Å². The minimum atomic E-state index is -0.354. The van der Waals surface area contributed by atoms with Gasteiger partial charge in [0.1, 0.15) is 0 Å². The first-order valence-electron chi connectivity index (χ1n) is 10.5. The Labute approximate surface area is 212 Å². The van der Waals surface area contributed by atoms with E-state index in [1.807, 2.05) is 32.9 Å². The summed E-state index contributed by atoms with van der Waals surface area (Å²) < 4.78 is 1.80. The summed E-state index contributed by atoms with van der Waals surface area (Å²) >= 11 is 13.3. The molecule has 178 valence electrons. The third kappa shape index (κ3) is 6.40. The Morgan fingerprint density at radius 3 is 2.47 bits per heavy atom. The summed E-state index contributed by atoms with van der Waals surface area (Å²) in [5.41, 5.74) is 4.33. The Balaban J connectivity index is 1.65. The van der Waals surface area contributed by atoms with Gasteiger partial charge in [0, 0.05) is 17.3 Å². The number of nitrogens with zero attached hydrogens (tertiary/aromatic N) is 3. The number of nitrogens with one attached hydrogen (secondary N) is 2. The van der Waals surface area contributed by atoms with Gasteiger partial charge in [-0.25, -0.2) is 0 Å². The minimum absolute atomic E-state index is 0.132. The maximum absolute atomic E-state index is 12.6. The molecule has 0 spiro atoms. The third-order valence-electron chi connectivity index (χ3n) is 4.96. The molecular weight excluding hydrogens is 493 g/mol. The fourth-order valence-electron chi connectivity index (χ4n) is 3.48. The minimum Gasteiger partial charge on any atom is -0.345 e. The van der Waals surface area contributed by atoms with E-state index in [4.69, 9.17) is 23.2 Å². The molecule has 1 heterocycles. The SMILES string of the molecule is C=CCn1c(CNC(=O)c2ccc(Cl)cc2Cl)nnc1SCC(=O)Nc1c(C)cc(C)cc1C. The topological polar surface area (TPSA) is 88.9 Å². The van der Waals surface area contributed by atoms with E-state index in [0.29, 0.717) is 28.1 Å². The highest BCUT2D eigenvalue weighted by molar-refractivity contribution is 7.99. The molecule has 7 nitrogen and oxygen atoms in total. The summed E-state index contributed by atoms with van der Waals surface area (Å²) in [5.74, 6) is 0.202. The van der Waals surface area contributed by atoms with E-state index in [1.165, 1.54) is 17.8 Å². The molecule has 0 aliphatic rings. The van der Waals surface area contributed by atoms with Crippen molar-refractivity contribution in [2.24, 2.45) is 0 Å². The van der Waals surface area contributed by atoms with Crippen molar-refractivity contribution in [1.82, 2.24) is 20.1 Å². The number of amides is 2. The summed E-state index contributed by atoms with van der Waals surface area (Å²) in [4.78, 5) is 25.1. The Morgan fingerprint density at radius 2 is 1.82 bits per heavy atom. The Bertz CT molecular complexity index is 1220. The molecule has 0 bridgehead atoms. The Morgan fingerprint density at radius 1 is 1.12 bits per heavy atom. The van der Waals surface area contributed by atoms with Crippen LogP contribution in [0.15, 0.2) is 48.1 Å². The summed E-state index contributed by atoms with van der Waals surface area (Å²) in [5, 5.41) is 15.4. The van der Waals surface area contributed by atoms with E-state index >= 15 is 0 Å². The lowest BCUT2D eigenvalue weighted by Gasteiger charge is -2.13. The largest absolute Gasteiger partial charge is 0.345 e. The van der Waals surface area contributed by atoms with E-state index in [9.17, 15) is 9.59 Å². The molecule has 0 fully saturated rings. The number of thioether (sulfide) groups is 1. The van der Waals surface area contributed by atoms with E-state index in [0.717, 1.165) is 22.4 Å². The number of hydrogen-bond acceptors (Lipinski definition) is 5. The van der Waals surface area contributed by atoms with Crippen molar-refractivity contribution >= 4 is 52.5 Å². The first kappa shape index (κ1) is 25.8. The van der Waals surface area contributed by atoms with Crippen LogP contribution in [0.25, 0.3) is 0 Å². The van der Waals surface area contributed by atoms with Gasteiger partial charge in [-0.1, -0.05) is 58.7 Å². The van der Waals surface area contributed by atoms with Crippen LogP contribution in [0.3, 0.4) is 0 Å². The van der Waals surface area contributed by atoms with Crippen LogP contribution in [0.1, 0.15) is 32.9 Å². The smallest absolute Gasteiger partial charge is 0.253 e. The van der Waals surface area contributed by atoms with E-state index in [1.54, 1.807) is 22.8 Å². The van der Waals surface area contributed by atoms with E-state index in [-0.39, 0.29) is 29.1 Å². The molecule has 34 heavy (non-hydrogen) atoms. The highest BCUT2D eigenvalue weighted by Crippen LogP contribution is 2.24. The van der Waals surface area contributed by atoms with Crippen LogP contribution in [0.4, 0.5) is 5.69 Å². The summed E-state index contributed by atoms with van der Waals surface area (Å²) in [7, 11) is 0. The second-order valence-corrected chi connectivity index (χ2v) is 9.50. The quantitative estimate of drug-likeness (QED) is 0.294. The van der Waals surface area contributed by atoms with Crippen molar-refractivity contribution in [3.8, 4) is 0 Å². The molecule has 0 radical (unpaired) electrons. The molecule has 0 atom stereocenters. The molecule has 0 aliphatic heterocycles. The highest BCUT2D eigenvalue weighted by atomic mass is 35.5. The van der Waals surface area contributed by atoms with Gasteiger partial charge in [0.2, 0.25) is 5.91 Å². The van der Waals surface area contributed by atoms with Crippen LogP contribution < -0.4 is 10.6 Å². The van der Waals surface area contributed by atoms with Crippen LogP contribution in [0.2, 0.25) is 10.0 Å². The first-order chi connectivity index (χ1) is 16.2. The second-order valence-electron chi connectivity index (χ2n) is 7.72. The second kappa shape index (κ2) is 11.6. The number of carbonyl (C=O) groups is 2. The maximum atomic E-state index is 12.6. The molecule has 0 saturated carbocycles. The number of anilines is 1. The van der Waals surface area contributed by atoms with Gasteiger partial charge in [0.25, 0.3) is 5.91 Å². The molecule has 2 aromatic carbocycles. The zero-order chi connectivity index (χ0) is 24.8. The van der Waals surface area contributed by atoms with Crippen molar-refractivity contribution in [3.05, 3.63) is 81.1 Å². The molecule has 2 N–H and O–H groups in total. The van der Waals surface area contributed by atoms with Crippen LogP contribution >= 0.6 is 35.0 Å². The van der Waals surface area contributed by atoms with Crippen LogP contribution in [-0.4, -0.2) is 32.3 Å². The molecule has 1 aromatic heterocycles. The fourth-order valence-corrected chi connectivity index (χ4v) is 4.74. The van der Waals surface area contributed by atoms with Gasteiger partial charge in [-0.2, -0.15) is 0 Å². The van der Waals surface area contributed by atoms with Gasteiger partial charge in [-0.15, -0.1) is 16.8 Å². The Hall–Kier alpha value is -2.81. The molecule has 3 aromatic rings. The highest BCUT2D eigenvalue weighted by Gasteiger charge is 2.17. The lowest BCUT2D eigenvalue weighted by Crippen LogP contribution is -2.25. The van der Waals surface area contributed by atoms with Gasteiger partial charge >= 0.3 is 0 Å².